The molecule has 0 aliphatic rings. The number of anilines is 2. The lowest BCUT2D eigenvalue weighted by Gasteiger charge is -2.11. The minimum Gasteiger partial charge on any atom is -0.399 e. The van der Waals surface area contributed by atoms with Crippen molar-refractivity contribution in [1.82, 2.24) is 0 Å². The van der Waals surface area contributed by atoms with Gasteiger partial charge in [-0.2, -0.15) is 0 Å². The lowest BCUT2D eigenvalue weighted by molar-refractivity contribution is 1.17. The zero-order chi connectivity index (χ0) is 13.9. The van der Waals surface area contributed by atoms with Gasteiger partial charge in [-0.25, -0.2) is 0 Å². The Morgan fingerprint density at radius 2 is 1.75 bits per heavy atom. The average Bonchev–Trinajstić information content (AvgIpc) is 2.48. The largest absolute Gasteiger partial charge is 0.399 e. The van der Waals surface area contributed by atoms with E-state index in [1.807, 2.05) is 19.1 Å². The molecule has 0 saturated carbocycles. The number of nitrogen functional groups attached to an aromatic ring is 1. The van der Waals surface area contributed by atoms with Crippen molar-refractivity contribution < 1.29 is 0 Å². The quantitative estimate of drug-likeness (QED) is 0.689. The molecule has 0 amide bonds. The van der Waals surface area contributed by atoms with Crippen LogP contribution in [-0.4, -0.2) is 0 Å². The number of fused-ring (bicyclic) bond motifs is 1. The van der Waals surface area contributed by atoms with Crippen LogP contribution in [0.1, 0.15) is 11.1 Å². The van der Waals surface area contributed by atoms with Crippen LogP contribution in [-0.2, 0) is 6.54 Å². The predicted molar refractivity (Wildman–Crippen MR) is 86.9 cm³/mol. The van der Waals surface area contributed by atoms with E-state index in [-0.39, 0.29) is 0 Å². The number of benzene rings is 3. The molecule has 0 unspecified atom stereocenters. The summed E-state index contributed by atoms with van der Waals surface area (Å²) in [7, 11) is 0. The minimum atomic E-state index is 0.810. The summed E-state index contributed by atoms with van der Waals surface area (Å²) in [5.74, 6) is 0. The molecule has 100 valence electrons. The summed E-state index contributed by atoms with van der Waals surface area (Å²) in [6, 6.07) is 20.9. The molecule has 3 rings (SSSR count). The summed E-state index contributed by atoms with van der Waals surface area (Å²) in [5, 5.41) is 6.04. The second-order valence-electron chi connectivity index (χ2n) is 5.06. The number of aryl methyl sites for hydroxylation is 1. The molecular formula is C18H18N2. The van der Waals surface area contributed by atoms with Crippen LogP contribution >= 0.6 is 0 Å². The van der Waals surface area contributed by atoms with Crippen molar-refractivity contribution in [2.45, 2.75) is 13.5 Å². The van der Waals surface area contributed by atoms with Crippen LogP contribution in [0.2, 0.25) is 0 Å². The number of nitrogens with two attached hydrogens (primary N) is 1. The van der Waals surface area contributed by atoms with Crippen molar-refractivity contribution in [2.75, 3.05) is 11.1 Å². The number of nitrogens with one attached hydrogen (secondary N) is 1. The first-order valence-corrected chi connectivity index (χ1v) is 6.81. The van der Waals surface area contributed by atoms with E-state index in [2.05, 4.69) is 53.8 Å². The second-order valence-corrected chi connectivity index (χ2v) is 5.06. The first kappa shape index (κ1) is 12.5. The Bertz CT molecular complexity index is 742. The molecule has 0 aromatic heterocycles. The number of hydrogen-bond acceptors (Lipinski definition) is 2. The molecule has 0 radical (unpaired) electrons. The Kier molecular flexibility index (Phi) is 3.30. The third kappa shape index (κ3) is 2.45. The highest BCUT2D eigenvalue weighted by Crippen LogP contribution is 2.21. The average molecular weight is 262 g/mol. The molecule has 3 N–H and O–H groups in total. The Labute approximate surface area is 119 Å². The molecule has 0 spiro atoms. The molecule has 2 nitrogen and oxygen atoms in total. The van der Waals surface area contributed by atoms with Crippen LogP contribution in [0.15, 0.2) is 60.7 Å². The van der Waals surface area contributed by atoms with Gasteiger partial charge >= 0.3 is 0 Å². The van der Waals surface area contributed by atoms with E-state index in [1.165, 1.54) is 16.3 Å². The summed E-state index contributed by atoms with van der Waals surface area (Å²) in [5.41, 5.74) is 10.2. The third-order valence-electron chi connectivity index (χ3n) is 3.63. The van der Waals surface area contributed by atoms with Crippen molar-refractivity contribution >= 4 is 22.1 Å². The molecule has 3 aromatic carbocycles. The summed E-state index contributed by atoms with van der Waals surface area (Å²) >= 11 is 0. The zero-order valence-corrected chi connectivity index (χ0v) is 11.6. The van der Waals surface area contributed by atoms with Crippen molar-refractivity contribution in [2.24, 2.45) is 0 Å². The van der Waals surface area contributed by atoms with Crippen LogP contribution in [0.25, 0.3) is 10.8 Å². The van der Waals surface area contributed by atoms with Gasteiger partial charge < -0.3 is 11.1 Å². The molecule has 20 heavy (non-hydrogen) atoms. The summed E-state index contributed by atoms with van der Waals surface area (Å²) in [4.78, 5) is 0. The Balaban J connectivity index is 1.85. The maximum Gasteiger partial charge on any atom is 0.0406 e. The van der Waals surface area contributed by atoms with Gasteiger partial charge in [0.2, 0.25) is 0 Å². The van der Waals surface area contributed by atoms with Gasteiger partial charge in [0.1, 0.15) is 0 Å². The van der Waals surface area contributed by atoms with E-state index < -0.39 is 0 Å². The van der Waals surface area contributed by atoms with Crippen LogP contribution in [0.5, 0.6) is 0 Å². The topological polar surface area (TPSA) is 38.0 Å². The fourth-order valence-electron chi connectivity index (χ4n) is 2.43. The molecule has 0 bridgehead atoms. The monoisotopic (exact) mass is 262 g/mol. The van der Waals surface area contributed by atoms with Gasteiger partial charge in [0.05, 0.1) is 0 Å². The van der Waals surface area contributed by atoms with Gasteiger partial charge in [0.25, 0.3) is 0 Å². The van der Waals surface area contributed by atoms with Crippen LogP contribution in [0.4, 0.5) is 11.4 Å². The highest BCUT2D eigenvalue weighted by molar-refractivity contribution is 5.85. The fourth-order valence-corrected chi connectivity index (χ4v) is 2.43. The molecular weight excluding hydrogens is 244 g/mol. The van der Waals surface area contributed by atoms with Crippen LogP contribution in [0, 0.1) is 6.92 Å². The van der Waals surface area contributed by atoms with Gasteiger partial charge in [-0.1, -0.05) is 42.5 Å². The molecule has 3 aromatic rings. The lowest BCUT2D eigenvalue weighted by atomic mass is 10.0. The normalized spacial score (nSPS) is 10.7. The van der Waals surface area contributed by atoms with Gasteiger partial charge in [-0.05, 0) is 47.0 Å². The van der Waals surface area contributed by atoms with Gasteiger partial charge in [-0.3, -0.25) is 0 Å². The Morgan fingerprint density at radius 1 is 0.950 bits per heavy atom. The zero-order valence-electron chi connectivity index (χ0n) is 11.6. The molecule has 0 atom stereocenters. The van der Waals surface area contributed by atoms with E-state index in [4.69, 9.17) is 5.73 Å². The summed E-state index contributed by atoms with van der Waals surface area (Å²) in [6.07, 6.45) is 0. The molecule has 0 aliphatic carbocycles. The Morgan fingerprint density at radius 3 is 2.60 bits per heavy atom. The van der Waals surface area contributed by atoms with Gasteiger partial charge in [-0.15, -0.1) is 0 Å². The maximum absolute atomic E-state index is 5.84. The van der Waals surface area contributed by atoms with E-state index in [9.17, 15) is 0 Å². The maximum atomic E-state index is 5.84. The Hall–Kier alpha value is -2.48. The van der Waals surface area contributed by atoms with Crippen molar-refractivity contribution in [3.8, 4) is 0 Å². The lowest BCUT2D eigenvalue weighted by Crippen LogP contribution is -2.01. The van der Waals surface area contributed by atoms with Gasteiger partial charge in [0.15, 0.2) is 0 Å². The van der Waals surface area contributed by atoms with E-state index in [0.717, 1.165) is 23.5 Å². The second kappa shape index (κ2) is 5.25. The SMILES string of the molecule is Cc1cc(NCc2cccc3ccccc23)ccc1N. The first-order valence-electron chi connectivity index (χ1n) is 6.81. The fraction of sp³-hybridized carbons (Fsp3) is 0.111. The molecule has 0 fully saturated rings. The van der Waals surface area contributed by atoms with E-state index in [1.54, 1.807) is 0 Å². The third-order valence-corrected chi connectivity index (χ3v) is 3.63. The van der Waals surface area contributed by atoms with Crippen molar-refractivity contribution in [3.63, 3.8) is 0 Å². The number of hydrogen-bond donors (Lipinski definition) is 2. The van der Waals surface area contributed by atoms with Crippen molar-refractivity contribution in [3.05, 3.63) is 71.8 Å². The van der Waals surface area contributed by atoms with Crippen LogP contribution < -0.4 is 11.1 Å². The number of rotatable bonds is 3. The standard InChI is InChI=1S/C18H18N2/c1-13-11-16(9-10-18(13)19)20-12-15-7-4-6-14-5-2-3-8-17(14)15/h2-11,20H,12,19H2,1H3. The molecule has 2 heteroatoms. The summed E-state index contributed by atoms with van der Waals surface area (Å²) < 4.78 is 0. The van der Waals surface area contributed by atoms with Crippen molar-refractivity contribution in [1.29, 1.82) is 0 Å². The molecule has 0 heterocycles. The smallest absolute Gasteiger partial charge is 0.0406 e. The van der Waals surface area contributed by atoms with E-state index >= 15 is 0 Å². The minimum absolute atomic E-state index is 0.810. The molecule has 0 saturated heterocycles. The first-order chi connectivity index (χ1) is 9.74. The summed E-state index contributed by atoms with van der Waals surface area (Å²) in [6.45, 7) is 2.84. The van der Waals surface area contributed by atoms with Crippen LogP contribution in [0.3, 0.4) is 0 Å². The molecule has 0 aliphatic heterocycles. The highest BCUT2D eigenvalue weighted by Gasteiger charge is 2.01. The van der Waals surface area contributed by atoms with Gasteiger partial charge in [0, 0.05) is 17.9 Å². The highest BCUT2D eigenvalue weighted by atomic mass is 14.9. The predicted octanol–water partition coefficient (Wildman–Crippen LogP) is 4.34. The van der Waals surface area contributed by atoms with E-state index in [0.29, 0.717) is 0 Å².